The first-order valence-electron chi connectivity index (χ1n) is 9.15. The van der Waals surface area contributed by atoms with Gasteiger partial charge in [-0.15, -0.1) is 0 Å². The van der Waals surface area contributed by atoms with Gasteiger partial charge in [0.2, 0.25) is 5.91 Å². The molecule has 0 bridgehead atoms. The van der Waals surface area contributed by atoms with E-state index in [9.17, 15) is 9.59 Å². The lowest BCUT2D eigenvalue weighted by atomic mass is 9.89. The normalized spacial score (nSPS) is 18.2. The quantitative estimate of drug-likeness (QED) is 0.874. The lowest BCUT2D eigenvalue weighted by molar-refractivity contribution is -0.134. The van der Waals surface area contributed by atoms with Crippen LogP contribution in [0.3, 0.4) is 0 Å². The summed E-state index contributed by atoms with van der Waals surface area (Å²) in [5.41, 5.74) is 3.94. The van der Waals surface area contributed by atoms with Crippen molar-refractivity contribution in [2.45, 2.75) is 38.6 Å². The van der Waals surface area contributed by atoms with Gasteiger partial charge in [0.25, 0.3) is 0 Å². The van der Waals surface area contributed by atoms with E-state index in [1.165, 1.54) is 24.0 Å². The number of hydrogen-bond acceptors (Lipinski definition) is 3. The molecular weight excluding hydrogens is 318 g/mol. The fourth-order valence-corrected chi connectivity index (χ4v) is 3.43. The van der Waals surface area contributed by atoms with Gasteiger partial charge in [0, 0.05) is 13.1 Å². The zero-order valence-corrected chi connectivity index (χ0v) is 14.8. The molecule has 3 rings (SSSR count). The first kappa shape index (κ1) is 17.7. The SMILES string of the molecule is C[C@@H](NC(=O)NCC(=O)N1CCOCC1)c1ccc2c(c1)CCCC2. The Bertz CT molecular complexity index is 626. The number of carbonyl (C=O) groups is 2. The molecule has 1 aromatic carbocycles. The van der Waals surface area contributed by atoms with E-state index in [0.717, 1.165) is 18.4 Å². The minimum atomic E-state index is -0.313. The highest BCUT2D eigenvalue weighted by atomic mass is 16.5. The number of benzene rings is 1. The number of morpholine rings is 1. The number of urea groups is 1. The van der Waals surface area contributed by atoms with Gasteiger partial charge in [-0.2, -0.15) is 0 Å². The van der Waals surface area contributed by atoms with E-state index in [0.29, 0.717) is 26.3 Å². The van der Waals surface area contributed by atoms with Gasteiger partial charge < -0.3 is 20.3 Å². The maximum absolute atomic E-state index is 12.1. The number of hydrogen-bond donors (Lipinski definition) is 2. The number of rotatable bonds is 4. The molecule has 2 aliphatic rings. The van der Waals surface area contributed by atoms with Gasteiger partial charge in [0.1, 0.15) is 0 Å². The minimum Gasteiger partial charge on any atom is -0.378 e. The molecule has 6 nitrogen and oxygen atoms in total. The van der Waals surface area contributed by atoms with Crippen LogP contribution in [-0.4, -0.2) is 49.7 Å². The molecule has 0 aromatic heterocycles. The molecule has 0 saturated carbocycles. The van der Waals surface area contributed by atoms with Gasteiger partial charge in [-0.25, -0.2) is 4.79 Å². The Morgan fingerprint density at radius 3 is 2.64 bits per heavy atom. The molecule has 1 aliphatic carbocycles. The van der Waals surface area contributed by atoms with Crippen molar-refractivity contribution in [1.82, 2.24) is 15.5 Å². The Morgan fingerprint density at radius 2 is 1.88 bits per heavy atom. The predicted molar refractivity (Wildman–Crippen MR) is 95.4 cm³/mol. The third-order valence-electron chi connectivity index (χ3n) is 4.98. The maximum atomic E-state index is 12.1. The number of carbonyl (C=O) groups excluding carboxylic acids is 2. The monoisotopic (exact) mass is 345 g/mol. The van der Waals surface area contributed by atoms with Gasteiger partial charge in [0.15, 0.2) is 0 Å². The Labute approximate surface area is 148 Å². The minimum absolute atomic E-state index is 0.0166. The highest BCUT2D eigenvalue weighted by molar-refractivity contribution is 5.84. The Kier molecular flexibility index (Phi) is 5.91. The largest absolute Gasteiger partial charge is 0.378 e. The third kappa shape index (κ3) is 4.72. The van der Waals surface area contributed by atoms with Crippen molar-refractivity contribution in [2.24, 2.45) is 0 Å². The molecule has 25 heavy (non-hydrogen) atoms. The second-order valence-electron chi connectivity index (χ2n) is 6.78. The molecule has 2 N–H and O–H groups in total. The summed E-state index contributed by atoms with van der Waals surface area (Å²) in [5, 5.41) is 5.58. The molecular formula is C19H27N3O3. The number of ether oxygens (including phenoxy) is 1. The van der Waals surface area contributed by atoms with E-state index in [1.54, 1.807) is 4.90 Å². The fourth-order valence-electron chi connectivity index (χ4n) is 3.43. The van der Waals surface area contributed by atoms with Crippen LogP contribution in [0.5, 0.6) is 0 Å². The van der Waals surface area contributed by atoms with Crippen LogP contribution in [0.25, 0.3) is 0 Å². The van der Waals surface area contributed by atoms with Crippen molar-refractivity contribution >= 4 is 11.9 Å². The molecule has 6 heteroatoms. The zero-order chi connectivity index (χ0) is 17.6. The molecule has 1 aromatic rings. The highest BCUT2D eigenvalue weighted by Crippen LogP contribution is 2.24. The third-order valence-corrected chi connectivity index (χ3v) is 4.98. The van der Waals surface area contributed by atoms with E-state index in [1.807, 2.05) is 6.92 Å². The first-order chi connectivity index (χ1) is 12.1. The standard InChI is InChI=1S/C19H27N3O3/c1-14(16-7-6-15-4-2-3-5-17(15)12-16)21-19(24)20-13-18(23)22-8-10-25-11-9-22/h6-7,12,14H,2-5,8-11,13H2,1H3,(H2,20,21,24)/t14-/m1/s1. The van der Waals surface area contributed by atoms with E-state index >= 15 is 0 Å². The summed E-state index contributed by atoms with van der Waals surface area (Å²) < 4.78 is 5.22. The molecule has 0 radical (unpaired) electrons. The lowest BCUT2D eigenvalue weighted by Gasteiger charge is -2.27. The van der Waals surface area contributed by atoms with Crippen LogP contribution in [0, 0.1) is 0 Å². The number of nitrogens with zero attached hydrogens (tertiary/aromatic N) is 1. The molecule has 1 aliphatic heterocycles. The Morgan fingerprint density at radius 1 is 1.16 bits per heavy atom. The van der Waals surface area contributed by atoms with Crippen LogP contribution in [0.2, 0.25) is 0 Å². The number of aryl methyl sites for hydroxylation is 2. The van der Waals surface area contributed by atoms with Crippen LogP contribution < -0.4 is 10.6 Å². The number of fused-ring (bicyclic) bond motifs is 1. The Balaban J connectivity index is 1.48. The molecule has 136 valence electrons. The molecule has 3 amide bonds. The van der Waals surface area contributed by atoms with Crippen LogP contribution >= 0.6 is 0 Å². The van der Waals surface area contributed by atoms with E-state index in [4.69, 9.17) is 4.74 Å². The van der Waals surface area contributed by atoms with Gasteiger partial charge >= 0.3 is 6.03 Å². The topological polar surface area (TPSA) is 70.7 Å². The van der Waals surface area contributed by atoms with E-state index in [2.05, 4.69) is 28.8 Å². The molecule has 1 heterocycles. The lowest BCUT2D eigenvalue weighted by Crippen LogP contribution is -2.47. The zero-order valence-electron chi connectivity index (χ0n) is 14.8. The summed E-state index contributed by atoms with van der Waals surface area (Å²) in [4.78, 5) is 25.9. The number of amides is 3. The van der Waals surface area contributed by atoms with Gasteiger partial charge in [-0.3, -0.25) is 4.79 Å². The van der Waals surface area contributed by atoms with Gasteiger partial charge in [-0.05, 0) is 49.3 Å². The van der Waals surface area contributed by atoms with Crippen molar-refractivity contribution in [3.05, 3.63) is 34.9 Å². The second-order valence-corrected chi connectivity index (χ2v) is 6.78. The van der Waals surface area contributed by atoms with Crippen LogP contribution in [0.15, 0.2) is 18.2 Å². The second kappa shape index (κ2) is 8.34. The summed E-state index contributed by atoms with van der Waals surface area (Å²) in [6.45, 7) is 4.29. The van der Waals surface area contributed by atoms with E-state index < -0.39 is 0 Å². The van der Waals surface area contributed by atoms with Gasteiger partial charge in [0.05, 0.1) is 25.8 Å². The first-order valence-corrected chi connectivity index (χ1v) is 9.15. The van der Waals surface area contributed by atoms with Gasteiger partial charge in [-0.1, -0.05) is 18.2 Å². The van der Waals surface area contributed by atoms with Crippen molar-refractivity contribution in [1.29, 1.82) is 0 Å². The molecule has 0 spiro atoms. The number of nitrogens with one attached hydrogen (secondary N) is 2. The highest BCUT2D eigenvalue weighted by Gasteiger charge is 2.18. The Hall–Kier alpha value is -2.08. The molecule has 1 saturated heterocycles. The van der Waals surface area contributed by atoms with Crippen LogP contribution in [-0.2, 0) is 22.4 Å². The average Bonchev–Trinajstić information content (AvgIpc) is 2.66. The van der Waals surface area contributed by atoms with Crippen LogP contribution in [0.4, 0.5) is 4.79 Å². The maximum Gasteiger partial charge on any atom is 0.315 e. The van der Waals surface area contributed by atoms with E-state index in [-0.39, 0.29) is 24.5 Å². The average molecular weight is 345 g/mol. The summed E-state index contributed by atoms with van der Waals surface area (Å²) >= 11 is 0. The summed E-state index contributed by atoms with van der Waals surface area (Å²) in [6, 6.07) is 6.08. The summed E-state index contributed by atoms with van der Waals surface area (Å²) in [6.07, 6.45) is 4.78. The van der Waals surface area contributed by atoms with Crippen molar-refractivity contribution in [3.63, 3.8) is 0 Å². The molecule has 0 unspecified atom stereocenters. The molecule has 1 atom stereocenters. The predicted octanol–water partition coefficient (Wildman–Crippen LogP) is 1.78. The molecule has 1 fully saturated rings. The van der Waals surface area contributed by atoms with Crippen molar-refractivity contribution < 1.29 is 14.3 Å². The summed E-state index contributed by atoms with van der Waals surface area (Å²) in [5.74, 6) is -0.0696. The fraction of sp³-hybridized carbons (Fsp3) is 0.579. The van der Waals surface area contributed by atoms with Crippen molar-refractivity contribution in [3.8, 4) is 0 Å². The smallest absolute Gasteiger partial charge is 0.315 e. The van der Waals surface area contributed by atoms with Crippen molar-refractivity contribution in [2.75, 3.05) is 32.8 Å². The summed E-state index contributed by atoms with van der Waals surface area (Å²) in [7, 11) is 0. The van der Waals surface area contributed by atoms with Crippen LogP contribution in [0.1, 0.15) is 42.5 Å².